The molecule has 0 spiro atoms. The minimum atomic E-state index is 0.545. The van der Waals surface area contributed by atoms with Crippen LogP contribution in [-0.4, -0.2) is 9.55 Å². The summed E-state index contributed by atoms with van der Waals surface area (Å²) >= 11 is 0. The van der Waals surface area contributed by atoms with E-state index in [1.165, 1.54) is 56.2 Å². The maximum atomic E-state index is 5.05. The lowest BCUT2D eigenvalue weighted by Crippen LogP contribution is -2.05. The third-order valence-electron chi connectivity index (χ3n) is 9.73. The fourth-order valence-electron chi connectivity index (χ4n) is 7.71. The van der Waals surface area contributed by atoms with E-state index >= 15 is 0 Å². The Hall–Kier alpha value is -4.95. The summed E-state index contributed by atoms with van der Waals surface area (Å²) in [6.45, 7) is 0. The normalized spacial score (nSPS) is 17.5. The molecule has 1 unspecified atom stereocenters. The number of benzene rings is 5. The van der Waals surface area contributed by atoms with Crippen LogP contribution in [0.4, 0.5) is 0 Å². The number of aromatic nitrogens is 2. The van der Waals surface area contributed by atoms with Crippen LogP contribution in [0.15, 0.2) is 127 Å². The molecule has 0 N–H and O–H groups in total. The molecule has 2 nitrogen and oxygen atoms in total. The van der Waals surface area contributed by atoms with Crippen molar-refractivity contribution in [1.29, 1.82) is 0 Å². The fourth-order valence-corrected chi connectivity index (χ4v) is 7.71. The molecule has 43 heavy (non-hydrogen) atoms. The highest BCUT2D eigenvalue weighted by Crippen LogP contribution is 2.50. The largest absolute Gasteiger partial charge is 0.292 e. The van der Waals surface area contributed by atoms with Gasteiger partial charge in [0.2, 0.25) is 0 Å². The highest BCUT2D eigenvalue weighted by molar-refractivity contribution is 6.23. The van der Waals surface area contributed by atoms with Gasteiger partial charge in [-0.15, -0.1) is 0 Å². The van der Waals surface area contributed by atoms with Gasteiger partial charge < -0.3 is 0 Å². The summed E-state index contributed by atoms with van der Waals surface area (Å²) in [5, 5.41) is 2.93. The van der Waals surface area contributed by atoms with Gasteiger partial charge in [0.1, 0.15) is 5.82 Å². The van der Waals surface area contributed by atoms with Crippen LogP contribution in [-0.2, 0) is 0 Å². The van der Waals surface area contributed by atoms with Gasteiger partial charge in [-0.05, 0) is 112 Å². The molecule has 1 atom stereocenters. The summed E-state index contributed by atoms with van der Waals surface area (Å²) in [7, 11) is 0. The van der Waals surface area contributed by atoms with Gasteiger partial charge in [-0.25, -0.2) is 4.98 Å². The second kappa shape index (κ2) is 9.81. The molecule has 0 saturated carbocycles. The van der Waals surface area contributed by atoms with Gasteiger partial charge in [0.15, 0.2) is 0 Å². The molecule has 1 aromatic heterocycles. The first-order valence-electron chi connectivity index (χ1n) is 15.6. The van der Waals surface area contributed by atoms with E-state index in [9.17, 15) is 0 Å². The van der Waals surface area contributed by atoms with E-state index in [4.69, 9.17) is 4.98 Å². The highest BCUT2D eigenvalue weighted by Gasteiger charge is 2.28. The number of fused-ring (bicyclic) bond motifs is 4. The van der Waals surface area contributed by atoms with Crippen LogP contribution in [0.5, 0.6) is 0 Å². The van der Waals surface area contributed by atoms with Gasteiger partial charge in [-0.1, -0.05) is 103 Å². The summed E-state index contributed by atoms with van der Waals surface area (Å²) in [5.41, 5.74) is 14.5. The van der Waals surface area contributed by atoms with E-state index < -0.39 is 0 Å². The van der Waals surface area contributed by atoms with Crippen molar-refractivity contribution in [1.82, 2.24) is 9.55 Å². The molecular weight excluding hydrogens is 520 g/mol. The van der Waals surface area contributed by atoms with Crippen molar-refractivity contribution in [3.8, 4) is 17.1 Å². The molecule has 2 heteroatoms. The van der Waals surface area contributed by atoms with Crippen molar-refractivity contribution >= 4 is 38.5 Å². The third-order valence-corrected chi connectivity index (χ3v) is 9.73. The number of hydrogen-bond donors (Lipinski definition) is 0. The van der Waals surface area contributed by atoms with E-state index in [-0.39, 0.29) is 0 Å². The van der Waals surface area contributed by atoms with Gasteiger partial charge in [0.05, 0.1) is 11.0 Å². The van der Waals surface area contributed by atoms with Gasteiger partial charge in [-0.3, -0.25) is 4.57 Å². The lowest BCUT2D eigenvalue weighted by Gasteiger charge is -2.24. The Balaban J connectivity index is 1.07. The summed E-state index contributed by atoms with van der Waals surface area (Å²) in [6, 6.07) is 39.8. The molecule has 3 aliphatic carbocycles. The monoisotopic (exact) mass is 552 g/mol. The van der Waals surface area contributed by atoms with Gasteiger partial charge in [0.25, 0.3) is 0 Å². The van der Waals surface area contributed by atoms with Crippen LogP contribution in [0.1, 0.15) is 60.3 Å². The molecule has 9 rings (SSSR count). The molecule has 0 amide bonds. The van der Waals surface area contributed by atoms with Crippen molar-refractivity contribution in [2.45, 2.75) is 38.0 Å². The summed E-state index contributed by atoms with van der Waals surface area (Å²) < 4.78 is 2.32. The molecule has 6 aromatic rings. The SMILES string of the molecule is C1=C(c2cccc(-n3c(-c4ccccc4)nc4ccccc43)c2)CCC(c2ccc3c4c(cccc24)C2=CCCC=C23)C1. The Morgan fingerprint density at radius 3 is 2.26 bits per heavy atom. The number of para-hydroxylation sites is 2. The Kier molecular flexibility index (Phi) is 5.62. The predicted octanol–water partition coefficient (Wildman–Crippen LogP) is 10.8. The van der Waals surface area contributed by atoms with Crippen molar-refractivity contribution in [3.05, 3.63) is 150 Å². The number of allylic oxidation sites excluding steroid dienone is 6. The quantitative estimate of drug-likeness (QED) is 0.213. The number of hydrogen-bond acceptors (Lipinski definition) is 1. The van der Waals surface area contributed by atoms with Crippen LogP contribution < -0.4 is 0 Å². The Morgan fingerprint density at radius 2 is 1.42 bits per heavy atom. The smallest absolute Gasteiger partial charge is 0.145 e. The standard InChI is InChI=1S/C41H32N2/c1-2-10-29(11-3-1)41-42-38-18-6-7-19-39(38)43(41)31-13-8-12-30(26-31)27-20-22-28(23-21-27)32-24-25-37-34-15-5-4-14-33(34)36-17-9-16-35(32)40(36)37/h1-3,6-20,24-26,28H,4-5,21-23H2. The average Bonchev–Trinajstić information content (AvgIpc) is 3.63. The molecule has 0 bridgehead atoms. The van der Waals surface area contributed by atoms with Crippen molar-refractivity contribution in [2.24, 2.45) is 0 Å². The van der Waals surface area contributed by atoms with Gasteiger partial charge in [0, 0.05) is 11.3 Å². The second-order valence-corrected chi connectivity index (χ2v) is 12.1. The van der Waals surface area contributed by atoms with E-state index in [2.05, 4.69) is 132 Å². The Morgan fingerprint density at radius 1 is 0.651 bits per heavy atom. The molecule has 3 aliphatic rings. The fraction of sp³-hybridized carbons (Fsp3) is 0.146. The second-order valence-electron chi connectivity index (χ2n) is 12.1. The molecule has 0 radical (unpaired) electrons. The Labute approximate surface area is 252 Å². The Bertz CT molecular complexity index is 2130. The van der Waals surface area contributed by atoms with Crippen LogP contribution in [0.2, 0.25) is 0 Å². The summed E-state index contributed by atoms with van der Waals surface area (Å²) in [5.74, 6) is 1.53. The van der Waals surface area contributed by atoms with Gasteiger partial charge >= 0.3 is 0 Å². The van der Waals surface area contributed by atoms with Crippen LogP contribution in [0, 0.1) is 0 Å². The van der Waals surface area contributed by atoms with E-state index in [0.29, 0.717) is 5.92 Å². The van der Waals surface area contributed by atoms with Crippen molar-refractivity contribution in [3.63, 3.8) is 0 Å². The lowest BCUT2D eigenvalue weighted by molar-refractivity contribution is 0.630. The molecule has 5 aromatic carbocycles. The first-order valence-corrected chi connectivity index (χ1v) is 15.6. The maximum absolute atomic E-state index is 5.05. The van der Waals surface area contributed by atoms with E-state index in [1.807, 2.05) is 0 Å². The number of nitrogens with zero attached hydrogens (tertiary/aromatic N) is 2. The molecule has 0 fully saturated rings. The minimum Gasteiger partial charge on any atom is -0.292 e. The average molecular weight is 553 g/mol. The summed E-state index contributed by atoms with van der Waals surface area (Å²) in [4.78, 5) is 5.05. The van der Waals surface area contributed by atoms with Crippen LogP contribution in [0.3, 0.4) is 0 Å². The molecule has 206 valence electrons. The molecule has 0 saturated heterocycles. The van der Waals surface area contributed by atoms with E-state index in [1.54, 1.807) is 0 Å². The maximum Gasteiger partial charge on any atom is 0.145 e. The van der Waals surface area contributed by atoms with E-state index in [0.717, 1.165) is 53.8 Å². The topological polar surface area (TPSA) is 17.8 Å². The van der Waals surface area contributed by atoms with Crippen molar-refractivity contribution in [2.75, 3.05) is 0 Å². The minimum absolute atomic E-state index is 0.545. The lowest BCUT2D eigenvalue weighted by atomic mass is 9.80. The van der Waals surface area contributed by atoms with Crippen LogP contribution >= 0.6 is 0 Å². The first-order chi connectivity index (χ1) is 21.3. The first kappa shape index (κ1) is 24.6. The number of imidazole rings is 1. The zero-order chi connectivity index (χ0) is 28.3. The summed E-state index contributed by atoms with van der Waals surface area (Å²) in [6.07, 6.45) is 13.0. The molecule has 0 aliphatic heterocycles. The predicted molar refractivity (Wildman–Crippen MR) is 180 cm³/mol. The highest BCUT2D eigenvalue weighted by atomic mass is 15.1. The third kappa shape index (κ3) is 3.90. The zero-order valence-corrected chi connectivity index (χ0v) is 24.1. The van der Waals surface area contributed by atoms with Gasteiger partial charge in [-0.2, -0.15) is 0 Å². The van der Waals surface area contributed by atoms with Crippen molar-refractivity contribution < 1.29 is 0 Å². The zero-order valence-electron chi connectivity index (χ0n) is 24.1. The molecule has 1 heterocycles. The number of rotatable bonds is 4. The van der Waals surface area contributed by atoms with Crippen LogP contribution in [0.25, 0.3) is 55.6 Å². The molecular formula is C41H32N2.